The maximum atomic E-state index is 13.1. The van der Waals surface area contributed by atoms with E-state index in [4.69, 9.17) is 9.47 Å². The fourth-order valence-electron chi connectivity index (χ4n) is 6.77. The van der Waals surface area contributed by atoms with Crippen molar-refractivity contribution in [3.05, 3.63) is 71.8 Å². The Morgan fingerprint density at radius 2 is 0.923 bits per heavy atom. The average Bonchev–Trinajstić information content (AvgIpc) is 3.17. The second-order valence-electron chi connectivity index (χ2n) is 14.5. The molecule has 0 aliphatic heterocycles. The van der Waals surface area contributed by atoms with E-state index < -0.39 is 36.8 Å². The molecule has 0 saturated carbocycles. The van der Waals surface area contributed by atoms with E-state index in [1.165, 1.54) is 116 Å². The van der Waals surface area contributed by atoms with E-state index in [-0.39, 0.29) is 5.91 Å². The fourth-order valence-corrected chi connectivity index (χ4v) is 6.77. The molecule has 0 aliphatic carbocycles. The largest absolute Gasteiger partial charge is 0.455 e. The third-order valence-corrected chi connectivity index (χ3v) is 9.91. The molecule has 2 aromatic carbocycles. The van der Waals surface area contributed by atoms with Gasteiger partial charge >= 0.3 is 11.9 Å². The zero-order chi connectivity index (χ0) is 37.5. The van der Waals surface area contributed by atoms with Gasteiger partial charge in [-0.1, -0.05) is 185 Å². The van der Waals surface area contributed by atoms with Gasteiger partial charge in [-0.05, 0) is 37.1 Å². The maximum absolute atomic E-state index is 13.1. The van der Waals surface area contributed by atoms with Crippen LogP contribution in [0.3, 0.4) is 0 Å². The molecule has 2 N–H and O–H groups in total. The highest BCUT2D eigenvalue weighted by molar-refractivity contribution is 5.90. The minimum atomic E-state index is -1.08. The van der Waals surface area contributed by atoms with Crippen LogP contribution in [0.25, 0.3) is 0 Å². The molecule has 2 rings (SSSR count). The van der Waals surface area contributed by atoms with Crippen LogP contribution in [0.2, 0.25) is 0 Å². The molecule has 7 nitrogen and oxygen atoms in total. The molecule has 0 bridgehead atoms. The molecule has 0 unspecified atom stereocenters. The molecule has 1 amide bonds. The number of amides is 1. The van der Waals surface area contributed by atoms with Gasteiger partial charge in [-0.25, -0.2) is 9.59 Å². The SMILES string of the molecule is CCCCCCCCCCCCCCCCCCCCCCCC(=O)N[C@@H](CO)[C@H](OC(=O)c1ccccc1)[C@@H](CCC)OC(=O)c1ccccc1. The van der Waals surface area contributed by atoms with Gasteiger partial charge in [0.05, 0.1) is 23.8 Å². The molecule has 0 radical (unpaired) electrons. The number of esters is 2. The van der Waals surface area contributed by atoms with Crippen LogP contribution >= 0.6 is 0 Å². The number of hydrogen-bond donors (Lipinski definition) is 2. The highest BCUT2D eigenvalue weighted by Crippen LogP contribution is 2.20. The average molecular weight is 722 g/mol. The highest BCUT2D eigenvalue weighted by Gasteiger charge is 2.36. The van der Waals surface area contributed by atoms with Crippen molar-refractivity contribution in [1.29, 1.82) is 0 Å². The lowest BCUT2D eigenvalue weighted by Gasteiger charge is -2.32. The zero-order valence-corrected chi connectivity index (χ0v) is 32.7. The summed E-state index contributed by atoms with van der Waals surface area (Å²) in [5.41, 5.74) is 0.705. The van der Waals surface area contributed by atoms with Crippen LogP contribution < -0.4 is 5.32 Å². The Labute approximate surface area is 316 Å². The van der Waals surface area contributed by atoms with Crippen molar-refractivity contribution < 1.29 is 29.0 Å². The van der Waals surface area contributed by atoms with Crippen LogP contribution in [0.15, 0.2) is 60.7 Å². The van der Waals surface area contributed by atoms with Crippen molar-refractivity contribution in [3.63, 3.8) is 0 Å². The zero-order valence-electron chi connectivity index (χ0n) is 32.7. The number of benzene rings is 2. The number of nitrogens with one attached hydrogen (secondary N) is 1. The van der Waals surface area contributed by atoms with Crippen LogP contribution in [0.1, 0.15) is 189 Å². The molecule has 292 valence electrons. The van der Waals surface area contributed by atoms with Gasteiger partial charge < -0.3 is 19.9 Å². The fraction of sp³-hybridized carbons (Fsp3) is 0.667. The first-order valence-corrected chi connectivity index (χ1v) is 20.9. The number of aliphatic hydroxyl groups excluding tert-OH is 1. The van der Waals surface area contributed by atoms with Crippen LogP contribution in [-0.2, 0) is 14.3 Å². The summed E-state index contributed by atoms with van der Waals surface area (Å²) in [5.74, 6) is -1.39. The van der Waals surface area contributed by atoms with Crippen molar-refractivity contribution in [2.24, 2.45) is 0 Å². The first-order valence-electron chi connectivity index (χ1n) is 20.9. The smallest absolute Gasteiger partial charge is 0.338 e. The minimum absolute atomic E-state index is 0.220. The van der Waals surface area contributed by atoms with Gasteiger partial charge in [-0.2, -0.15) is 0 Å². The lowest BCUT2D eigenvalue weighted by Crippen LogP contribution is -2.53. The Bertz CT molecular complexity index is 1170. The standard InChI is InChI=1S/C45H71NO6/c1-3-5-6-7-8-9-10-11-12-13-14-15-16-17-18-19-20-21-22-23-30-36-42(48)46-40(37-47)43(52-45(50)39-34-28-25-29-35-39)41(31-4-2)51-44(49)38-32-26-24-27-33-38/h24-29,32-35,40-41,43,47H,3-23,30-31,36-37H2,1-2H3,(H,46,48)/t40-,41+,43-/m0/s1. The molecule has 2 aromatic rings. The van der Waals surface area contributed by atoms with E-state index >= 15 is 0 Å². The van der Waals surface area contributed by atoms with Gasteiger partial charge in [-0.3, -0.25) is 4.79 Å². The Kier molecular flexibility index (Phi) is 26.2. The third-order valence-electron chi connectivity index (χ3n) is 9.91. The number of rotatable bonds is 32. The van der Waals surface area contributed by atoms with Crippen molar-refractivity contribution in [2.45, 2.75) is 186 Å². The summed E-state index contributed by atoms with van der Waals surface area (Å²) in [6, 6.07) is 16.2. The first kappa shape index (κ1) is 45.0. The Morgan fingerprint density at radius 3 is 1.31 bits per heavy atom. The number of ether oxygens (including phenoxy) is 2. The van der Waals surface area contributed by atoms with Crippen molar-refractivity contribution in [1.82, 2.24) is 5.32 Å². The number of hydrogen-bond acceptors (Lipinski definition) is 6. The summed E-state index contributed by atoms with van der Waals surface area (Å²) in [7, 11) is 0. The molecule has 52 heavy (non-hydrogen) atoms. The normalized spacial score (nSPS) is 12.9. The third kappa shape index (κ3) is 20.7. The van der Waals surface area contributed by atoms with E-state index in [2.05, 4.69) is 12.2 Å². The maximum Gasteiger partial charge on any atom is 0.338 e. The Balaban J connectivity index is 1.66. The summed E-state index contributed by atoms with van der Waals surface area (Å²) in [6.07, 6.45) is 26.8. The minimum Gasteiger partial charge on any atom is -0.455 e. The lowest BCUT2D eigenvalue weighted by atomic mass is 10.0. The Hall–Kier alpha value is -3.19. The van der Waals surface area contributed by atoms with Gasteiger partial charge in [-0.15, -0.1) is 0 Å². The summed E-state index contributed by atoms with van der Waals surface area (Å²) < 4.78 is 11.8. The molecule has 0 aromatic heterocycles. The number of aliphatic hydroxyl groups is 1. The molecular weight excluding hydrogens is 650 g/mol. The van der Waals surface area contributed by atoms with Crippen LogP contribution in [0, 0.1) is 0 Å². The molecule has 0 saturated heterocycles. The topological polar surface area (TPSA) is 102 Å². The van der Waals surface area contributed by atoms with Gasteiger partial charge in [0.2, 0.25) is 5.91 Å². The van der Waals surface area contributed by atoms with E-state index in [0.717, 1.165) is 19.3 Å². The number of carbonyl (C=O) groups is 3. The molecule has 7 heteroatoms. The van der Waals surface area contributed by atoms with Crippen LogP contribution in [-0.4, -0.2) is 47.8 Å². The first-order chi connectivity index (χ1) is 25.5. The molecule has 0 spiro atoms. The second kappa shape index (κ2) is 30.3. The predicted molar refractivity (Wildman–Crippen MR) is 212 cm³/mol. The van der Waals surface area contributed by atoms with Gasteiger partial charge in [0.1, 0.15) is 6.10 Å². The van der Waals surface area contributed by atoms with E-state index in [1.54, 1.807) is 54.6 Å². The van der Waals surface area contributed by atoms with Gasteiger partial charge in [0.15, 0.2) is 6.10 Å². The quantitative estimate of drug-likeness (QED) is 0.0576. The Morgan fingerprint density at radius 1 is 0.538 bits per heavy atom. The lowest BCUT2D eigenvalue weighted by molar-refractivity contribution is -0.124. The summed E-state index contributed by atoms with van der Waals surface area (Å²) >= 11 is 0. The van der Waals surface area contributed by atoms with E-state index in [0.29, 0.717) is 30.4 Å². The van der Waals surface area contributed by atoms with Crippen LogP contribution in [0.5, 0.6) is 0 Å². The van der Waals surface area contributed by atoms with E-state index in [9.17, 15) is 19.5 Å². The van der Waals surface area contributed by atoms with Crippen molar-refractivity contribution in [2.75, 3.05) is 6.61 Å². The molecular formula is C45H71NO6. The highest BCUT2D eigenvalue weighted by atomic mass is 16.6. The molecule has 3 atom stereocenters. The van der Waals surface area contributed by atoms with Gasteiger partial charge in [0.25, 0.3) is 0 Å². The molecule has 0 fully saturated rings. The summed E-state index contributed by atoms with van der Waals surface area (Å²) in [4.78, 5) is 39.2. The predicted octanol–water partition coefficient (Wildman–Crippen LogP) is 11.3. The van der Waals surface area contributed by atoms with Crippen molar-refractivity contribution in [3.8, 4) is 0 Å². The monoisotopic (exact) mass is 722 g/mol. The summed E-state index contributed by atoms with van der Waals surface area (Å²) in [6.45, 7) is 3.75. The molecule has 0 heterocycles. The summed E-state index contributed by atoms with van der Waals surface area (Å²) in [5, 5.41) is 13.3. The molecule has 0 aliphatic rings. The van der Waals surface area contributed by atoms with Crippen molar-refractivity contribution >= 4 is 17.8 Å². The van der Waals surface area contributed by atoms with Gasteiger partial charge in [0, 0.05) is 6.42 Å². The number of carbonyl (C=O) groups excluding carboxylic acids is 3. The number of unbranched alkanes of at least 4 members (excludes halogenated alkanes) is 20. The van der Waals surface area contributed by atoms with E-state index in [1.807, 2.05) is 13.0 Å². The van der Waals surface area contributed by atoms with Crippen LogP contribution in [0.4, 0.5) is 0 Å². The second-order valence-corrected chi connectivity index (χ2v) is 14.5.